The second kappa shape index (κ2) is 10.6. The molecule has 0 aliphatic carbocycles. The number of ether oxygens (including phenoxy) is 5. The van der Waals surface area contributed by atoms with Crippen molar-refractivity contribution in [3.63, 3.8) is 0 Å². The van der Waals surface area contributed by atoms with Crippen LogP contribution in [0.2, 0.25) is 0 Å². The average molecular weight is 464 g/mol. The number of carbonyl (C=O) groups excluding carboxylic acids is 2. The van der Waals surface area contributed by atoms with Crippen LogP contribution in [-0.4, -0.2) is 52.3 Å². The van der Waals surface area contributed by atoms with E-state index in [-0.39, 0.29) is 34.1 Å². The summed E-state index contributed by atoms with van der Waals surface area (Å²) in [5, 5.41) is 0. The lowest BCUT2D eigenvalue weighted by Crippen LogP contribution is -2.21. The number of benzene rings is 2. The van der Waals surface area contributed by atoms with Gasteiger partial charge in [0.2, 0.25) is 18.2 Å². The molecule has 0 bridgehead atoms. The van der Waals surface area contributed by atoms with Gasteiger partial charge in [-0.15, -0.1) is 0 Å². The Morgan fingerprint density at radius 3 is 1.53 bits per heavy atom. The Morgan fingerprint density at radius 1 is 0.781 bits per heavy atom. The molecular formula is C23H29O8P. The third-order valence-electron chi connectivity index (χ3n) is 5.39. The summed E-state index contributed by atoms with van der Waals surface area (Å²) in [6.45, 7) is 3.38. The van der Waals surface area contributed by atoms with Crippen LogP contribution in [-0.2, 0) is 4.57 Å². The van der Waals surface area contributed by atoms with E-state index in [1.54, 1.807) is 32.0 Å². The monoisotopic (exact) mass is 464 g/mol. The maximum absolute atomic E-state index is 14.4. The van der Waals surface area contributed by atoms with Gasteiger partial charge >= 0.3 is 0 Å². The summed E-state index contributed by atoms with van der Waals surface area (Å²) in [6, 6.07) is 7.70. The Kier molecular flexibility index (Phi) is 8.33. The van der Waals surface area contributed by atoms with E-state index in [2.05, 4.69) is 0 Å². The van der Waals surface area contributed by atoms with E-state index < -0.39 is 23.8 Å². The van der Waals surface area contributed by atoms with Crippen LogP contribution in [0.1, 0.15) is 41.0 Å². The summed E-state index contributed by atoms with van der Waals surface area (Å²) >= 11 is 0. The molecule has 0 heterocycles. The Balaban J connectivity index is 2.83. The zero-order valence-electron chi connectivity index (χ0n) is 19.4. The van der Waals surface area contributed by atoms with Crippen molar-refractivity contribution >= 4 is 18.2 Å². The highest BCUT2D eigenvalue weighted by atomic mass is 31.2. The smallest absolute Gasteiger partial charge is 0.236 e. The molecule has 0 radical (unpaired) electrons. The van der Waals surface area contributed by atoms with Crippen LogP contribution in [0.3, 0.4) is 0 Å². The summed E-state index contributed by atoms with van der Waals surface area (Å²) in [5.41, 5.74) is -2.58. The average Bonchev–Trinajstić information content (AvgIpc) is 2.84. The van der Waals surface area contributed by atoms with E-state index in [0.29, 0.717) is 12.2 Å². The predicted octanol–water partition coefficient (Wildman–Crippen LogP) is 4.87. The number of hydrogen-bond acceptors (Lipinski definition) is 8. The van der Waals surface area contributed by atoms with Crippen molar-refractivity contribution in [2.75, 3.05) is 35.5 Å². The normalized spacial score (nSPS) is 13.5. The third-order valence-corrected chi connectivity index (χ3v) is 8.65. The summed E-state index contributed by atoms with van der Waals surface area (Å²) in [6.07, 6.45) is 0.326. The van der Waals surface area contributed by atoms with Crippen LogP contribution in [0.4, 0.5) is 0 Å². The predicted molar refractivity (Wildman–Crippen MR) is 122 cm³/mol. The molecule has 0 aromatic heterocycles. The molecule has 8 nitrogen and oxygen atoms in total. The fraction of sp³-hybridized carbons (Fsp3) is 0.391. The number of methoxy groups -OCH3 is 5. The lowest BCUT2D eigenvalue weighted by molar-refractivity contribution is 0.103. The molecule has 0 spiro atoms. The van der Waals surface area contributed by atoms with Crippen molar-refractivity contribution in [2.24, 2.45) is 0 Å². The minimum absolute atomic E-state index is 0.0408. The molecule has 9 heteroatoms. The van der Waals surface area contributed by atoms with Crippen molar-refractivity contribution in [1.82, 2.24) is 0 Å². The Hall–Kier alpha value is -2.99. The highest BCUT2D eigenvalue weighted by molar-refractivity contribution is 7.96. The molecule has 2 aromatic rings. The van der Waals surface area contributed by atoms with E-state index in [1.165, 1.54) is 47.7 Å². The molecular weight excluding hydrogens is 435 g/mol. The maximum atomic E-state index is 14.4. The van der Waals surface area contributed by atoms with Crippen molar-refractivity contribution in [1.29, 1.82) is 0 Å². The van der Waals surface area contributed by atoms with Gasteiger partial charge in [0, 0.05) is 17.8 Å². The lowest BCUT2D eigenvalue weighted by Gasteiger charge is -2.25. The van der Waals surface area contributed by atoms with E-state index in [0.717, 1.165) is 0 Å². The first-order valence-corrected chi connectivity index (χ1v) is 11.7. The van der Waals surface area contributed by atoms with Gasteiger partial charge in [-0.25, -0.2) is 0 Å². The van der Waals surface area contributed by atoms with Crippen LogP contribution in [0.15, 0.2) is 30.3 Å². The van der Waals surface area contributed by atoms with Gasteiger partial charge in [-0.3, -0.25) is 9.59 Å². The molecule has 174 valence electrons. The van der Waals surface area contributed by atoms with Gasteiger partial charge in [-0.05, 0) is 18.6 Å². The number of hydrogen-bond donors (Lipinski definition) is 0. The first-order chi connectivity index (χ1) is 15.2. The molecule has 32 heavy (non-hydrogen) atoms. The van der Waals surface area contributed by atoms with E-state index in [1.807, 2.05) is 0 Å². The van der Waals surface area contributed by atoms with E-state index in [9.17, 15) is 14.2 Å². The van der Waals surface area contributed by atoms with Crippen LogP contribution in [0, 0.1) is 0 Å². The SMILES string of the molecule is CCC(C)P(=O)(C(=O)c1c(OC)cccc1OC)C(=O)c1c(OC)cc(OC)cc1OC. The fourth-order valence-corrected chi connectivity index (χ4v) is 5.96. The fourth-order valence-electron chi connectivity index (χ4n) is 3.36. The molecule has 0 aliphatic rings. The quantitative estimate of drug-likeness (QED) is 0.435. The van der Waals surface area contributed by atoms with Crippen molar-refractivity contribution < 1.29 is 37.8 Å². The van der Waals surface area contributed by atoms with E-state index >= 15 is 0 Å². The Labute approximate surface area is 188 Å². The van der Waals surface area contributed by atoms with Gasteiger partial charge in [-0.2, -0.15) is 0 Å². The maximum Gasteiger partial charge on any atom is 0.236 e. The van der Waals surface area contributed by atoms with Gasteiger partial charge in [0.05, 0.1) is 35.5 Å². The highest BCUT2D eigenvalue weighted by Gasteiger charge is 2.48. The van der Waals surface area contributed by atoms with Gasteiger partial charge in [0.25, 0.3) is 0 Å². The second-order valence-electron chi connectivity index (χ2n) is 6.97. The number of rotatable bonds is 11. The summed E-state index contributed by atoms with van der Waals surface area (Å²) in [7, 11) is 2.70. The molecule has 2 atom stereocenters. The van der Waals surface area contributed by atoms with Crippen molar-refractivity contribution in [3.8, 4) is 28.7 Å². The van der Waals surface area contributed by atoms with E-state index in [4.69, 9.17) is 23.7 Å². The van der Waals surface area contributed by atoms with Gasteiger partial charge < -0.3 is 28.2 Å². The molecule has 0 fully saturated rings. The molecule has 0 saturated heterocycles. The van der Waals surface area contributed by atoms with Crippen LogP contribution in [0.25, 0.3) is 0 Å². The Morgan fingerprint density at radius 2 is 1.19 bits per heavy atom. The Bertz CT molecular complexity index is 999. The molecule has 2 unspecified atom stereocenters. The first-order valence-electron chi connectivity index (χ1n) is 9.95. The zero-order chi connectivity index (χ0) is 24.1. The van der Waals surface area contributed by atoms with Gasteiger partial charge in [-0.1, -0.05) is 19.9 Å². The molecule has 2 rings (SSSR count). The number of carbonyl (C=O) groups is 2. The van der Waals surface area contributed by atoms with Crippen LogP contribution in [0.5, 0.6) is 28.7 Å². The standard InChI is InChI=1S/C23H29O8P/c1-8-14(2)32(26,22(24)20-16(28-4)10-9-11-17(20)29-5)23(25)21-18(30-6)12-15(27-3)13-19(21)31-7/h9-14H,8H2,1-7H3. The molecule has 0 saturated carbocycles. The molecule has 0 N–H and O–H groups in total. The van der Waals surface area contributed by atoms with Gasteiger partial charge in [0.15, 0.2) is 0 Å². The first kappa shape index (κ1) is 25.3. The highest BCUT2D eigenvalue weighted by Crippen LogP contribution is 2.60. The molecule has 0 amide bonds. The summed E-state index contributed by atoms with van der Waals surface area (Å²) < 4.78 is 41.0. The topological polar surface area (TPSA) is 97.4 Å². The largest absolute Gasteiger partial charge is 0.496 e. The molecule has 0 aliphatic heterocycles. The minimum atomic E-state index is -4.26. The van der Waals surface area contributed by atoms with Crippen LogP contribution < -0.4 is 23.7 Å². The van der Waals surface area contributed by atoms with Crippen molar-refractivity contribution in [3.05, 3.63) is 41.5 Å². The summed E-state index contributed by atoms with van der Waals surface area (Å²) in [5.74, 6) is 0.897. The zero-order valence-corrected chi connectivity index (χ0v) is 20.3. The molecule has 2 aromatic carbocycles. The third kappa shape index (κ3) is 4.32. The van der Waals surface area contributed by atoms with Crippen molar-refractivity contribution in [2.45, 2.75) is 25.9 Å². The summed E-state index contributed by atoms with van der Waals surface area (Å²) in [4.78, 5) is 27.7. The minimum Gasteiger partial charge on any atom is -0.496 e. The lowest BCUT2D eigenvalue weighted by atomic mass is 10.2. The van der Waals surface area contributed by atoms with Crippen LogP contribution >= 0.6 is 7.14 Å². The second-order valence-corrected chi connectivity index (χ2v) is 9.98. The van der Waals surface area contributed by atoms with Gasteiger partial charge in [0.1, 0.15) is 39.9 Å².